The Morgan fingerprint density at radius 2 is 2.00 bits per heavy atom. The number of aryl methyl sites for hydroxylation is 1. The second-order valence-electron chi connectivity index (χ2n) is 4.72. The van der Waals surface area contributed by atoms with Crippen molar-refractivity contribution < 1.29 is 9.53 Å². The minimum absolute atomic E-state index is 0.343. The van der Waals surface area contributed by atoms with Crippen LogP contribution in [0, 0.1) is 0 Å². The number of carbonyl (C=O) groups excluding carboxylic acids is 1. The fraction of sp³-hybridized carbons (Fsp3) is 0.375. The van der Waals surface area contributed by atoms with Crippen LogP contribution in [0.4, 0.5) is 0 Å². The van der Waals surface area contributed by atoms with Crippen LogP contribution in [0.2, 0.25) is 5.02 Å². The van der Waals surface area contributed by atoms with Crippen molar-refractivity contribution in [3.05, 3.63) is 41.3 Å². The molecule has 0 radical (unpaired) electrons. The third-order valence-corrected chi connectivity index (χ3v) is 3.38. The summed E-state index contributed by atoms with van der Waals surface area (Å²) in [7, 11) is 0. The monoisotopic (exact) mass is 306 g/mol. The third kappa shape index (κ3) is 3.85. The highest BCUT2D eigenvalue weighted by atomic mass is 35.5. The molecule has 0 bridgehead atoms. The fourth-order valence-corrected chi connectivity index (χ4v) is 2.16. The van der Waals surface area contributed by atoms with Gasteiger partial charge >= 0.3 is 5.97 Å². The summed E-state index contributed by atoms with van der Waals surface area (Å²) >= 11 is 5.90. The van der Waals surface area contributed by atoms with Crippen LogP contribution >= 0.6 is 11.6 Å². The van der Waals surface area contributed by atoms with Crippen molar-refractivity contribution in [2.24, 2.45) is 0 Å². The Kier molecular flexibility index (Phi) is 5.39. The number of halogens is 1. The van der Waals surface area contributed by atoms with Crippen molar-refractivity contribution in [2.45, 2.75) is 33.2 Å². The average Bonchev–Trinajstić information content (AvgIpc) is 2.90. The van der Waals surface area contributed by atoms with Gasteiger partial charge in [0.2, 0.25) is 5.82 Å². The van der Waals surface area contributed by atoms with Crippen molar-refractivity contribution in [1.29, 1.82) is 0 Å². The van der Waals surface area contributed by atoms with E-state index in [1.54, 1.807) is 6.92 Å². The minimum Gasteiger partial charge on any atom is -0.460 e. The summed E-state index contributed by atoms with van der Waals surface area (Å²) in [5, 5.41) is 0.676. The summed E-state index contributed by atoms with van der Waals surface area (Å²) in [5.74, 6) is -0.0240. The normalized spacial score (nSPS) is 10.6. The number of imidazole rings is 1. The number of hydrogen-bond acceptors (Lipinski definition) is 3. The summed E-state index contributed by atoms with van der Waals surface area (Å²) in [5.41, 5.74) is 1.69. The van der Waals surface area contributed by atoms with E-state index in [-0.39, 0.29) is 5.97 Å². The zero-order valence-electron chi connectivity index (χ0n) is 12.3. The van der Waals surface area contributed by atoms with Crippen molar-refractivity contribution in [3.8, 4) is 11.3 Å². The van der Waals surface area contributed by atoms with Gasteiger partial charge in [-0.05, 0) is 25.5 Å². The molecule has 2 aromatic rings. The molecule has 4 nitrogen and oxygen atoms in total. The number of esters is 1. The number of ether oxygens (including phenoxy) is 1. The molecule has 2 rings (SSSR count). The molecule has 5 heteroatoms. The van der Waals surface area contributed by atoms with Crippen LogP contribution in [0.15, 0.2) is 30.5 Å². The van der Waals surface area contributed by atoms with Crippen LogP contribution in [-0.2, 0) is 11.3 Å². The summed E-state index contributed by atoms with van der Waals surface area (Å²) < 4.78 is 6.94. The Morgan fingerprint density at radius 1 is 1.29 bits per heavy atom. The summed E-state index contributed by atoms with van der Waals surface area (Å²) in [4.78, 5) is 16.4. The van der Waals surface area contributed by atoms with E-state index in [0.717, 1.165) is 30.6 Å². The Balaban J connectivity index is 2.34. The number of benzene rings is 1. The molecular formula is C16H19ClN2O2. The quantitative estimate of drug-likeness (QED) is 0.752. The van der Waals surface area contributed by atoms with E-state index in [4.69, 9.17) is 16.3 Å². The zero-order valence-corrected chi connectivity index (χ0v) is 13.1. The Morgan fingerprint density at radius 3 is 2.62 bits per heavy atom. The van der Waals surface area contributed by atoms with Crippen molar-refractivity contribution in [2.75, 3.05) is 6.61 Å². The lowest BCUT2D eigenvalue weighted by Gasteiger charge is -2.05. The Bertz CT molecular complexity index is 605. The van der Waals surface area contributed by atoms with Gasteiger partial charge in [0.05, 0.1) is 12.3 Å². The molecule has 0 amide bonds. The first kappa shape index (κ1) is 15.6. The van der Waals surface area contributed by atoms with E-state index in [9.17, 15) is 4.79 Å². The summed E-state index contributed by atoms with van der Waals surface area (Å²) in [6.07, 6.45) is 3.94. The number of nitrogens with zero attached hydrogens (tertiary/aromatic N) is 2. The number of hydrogen-bond donors (Lipinski definition) is 0. The van der Waals surface area contributed by atoms with E-state index >= 15 is 0 Å². The van der Waals surface area contributed by atoms with Gasteiger partial charge in [0.1, 0.15) is 0 Å². The average molecular weight is 307 g/mol. The molecule has 112 valence electrons. The molecule has 0 atom stereocenters. The topological polar surface area (TPSA) is 44.1 Å². The number of aromatic nitrogens is 2. The first-order chi connectivity index (χ1) is 10.2. The molecule has 0 aliphatic rings. The highest BCUT2D eigenvalue weighted by molar-refractivity contribution is 6.30. The molecular weight excluding hydrogens is 288 g/mol. The lowest BCUT2D eigenvalue weighted by Crippen LogP contribution is -2.13. The molecule has 1 aromatic heterocycles. The maximum absolute atomic E-state index is 12.0. The number of rotatable bonds is 6. The molecule has 0 saturated carbocycles. The van der Waals surface area contributed by atoms with Gasteiger partial charge in [0.15, 0.2) is 0 Å². The van der Waals surface area contributed by atoms with Gasteiger partial charge < -0.3 is 9.30 Å². The van der Waals surface area contributed by atoms with Crippen LogP contribution in [0.25, 0.3) is 11.3 Å². The Labute approximate surface area is 129 Å². The van der Waals surface area contributed by atoms with Crippen LogP contribution in [0.5, 0.6) is 0 Å². The second-order valence-corrected chi connectivity index (χ2v) is 5.16. The second kappa shape index (κ2) is 7.27. The fourth-order valence-electron chi connectivity index (χ4n) is 2.03. The standard InChI is InChI=1S/C16H19ClN2O2/c1-3-5-10-19-11-14(12-6-8-13(17)9-7-12)18-15(19)16(20)21-4-2/h6-9,11H,3-5,10H2,1-2H3. The van der Waals surface area contributed by atoms with E-state index in [2.05, 4.69) is 11.9 Å². The molecule has 0 fully saturated rings. The van der Waals surface area contributed by atoms with Crippen molar-refractivity contribution in [3.63, 3.8) is 0 Å². The lowest BCUT2D eigenvalue weighted by molar-refractivity contribution is 0.0506. The summed E-state index contributed by atoms with van der Waals surface area (Å²) in [6, 6.07) is 7.41. The van der Waals surface area contributed by atoms with Gasteiger partial charge in [-0.1, -0.05) is 37.1 Å². The van der Waals surface area contributed by atoms with Gasteiger partial charge in [0, 0.05) is 23.3 Å². The highest BCUT2D eigenvalue weighted by Gasteiger charge is 2.17. The number of carbonyl (C=O) groups is 1. The van der Waals surface area contributed by atoms with Gasteiger partial charge in [-0.25, -0.2) is 9.78 Å². The van der Waals surface area contributed by atoms with Crippen LogP contribution in [0.1, 0.15) is 37.3 Å². The van der Waals surface area contributed by atoms with Crippen LogP contribution in [-0.4, -0.2) is 22.1 Å². The van der Waals surface area contributed by atoms with Gasteiger partial charge in [-0.2, -0.15) is 0 Å². The molecule has 0 N–H and O–H groups in total. The molecule has 0 saturated heterocycles. The van der Waals surface area contributed by atoms with Crippen molar-refractivity contribution in [1.82, 2.24) is 9.55 Å². The molecule has 0 aliphatic carbocycles. The zero-order chi connectivity index (χ0) is 15.2. The largest absolute Gasteiger partial charge is 0.460 e. The molecule has 1 heterocycles. The predicted octanol–water partition coefficient (Wildman–Crippen LogP) is 4.18. The molecule has 21 heavy (non-hydrogen) atoms. The van der Waals surface area contributed by atoms with Crippen LogP contribution < -0.4 is 0 Å². The predicted molar refractivity (Wildman–Crippen MR) is 83.5 cm³/mol. The lowest BCUT2D eigenvalue weighted by atomic mass is 10.2. The van der Waals surface area contributed by atoms with Gasteiger partial charge in [-0.3, -0.25) is 0 Å². The maximum atomic E-state index is 12.0. The Hall–Kier alpha value is -1.81. The SMILES string of the molecule is CCCCn1cc(-c2ccc(Cl)cc2)nc1C(=O)OCC. The first-order valence-corrected chi connectivity index (χ1v) is 7.53. The summed E-state index contributed by atoms with van der Waals surface area (Å²) in [6.45, 7) is 5.00. The van der Waals surface area contributed by atoms with Crippen molar-refractivity contribution >= 4 is 17.6 Å². The van der Waals surface area contributed by atoms with Crippen LogP contribution in [0.3, 0.4) is 0 Å². The van der Waals surface area contributed by atoms with Gasteiger partial charge in [0.25, 0.3) is 0 Å². The molecule has 0 aliphatic heterocycles. The van der Waals surface area contributed by atoms with E-state index in [1.807, 2.05) is 35.0 Å². The van der Waals surface area contributed by atoms with E-state index in [1.165, 1.54) is 0 Å². The highest BCUT2D eigenvalue weighted by Crippen LogP contribution is 2.21. The first-order valence-electron chi connectivity index (χ1n) is 7.16. The maximum Gasteiger partial charge on any atom is 0.374 e. The minimum atomic E-state index is -0.381. The molecule has 1 aromatic carbocycles. The van der Waals surface area contributed by atoms with E-state index < -0.39 is 0 Å². The third-order valence-electron chi connectivity index (χ3n) is 3.13. The smallest absolute Gasteiger partial charge is 0.374 e. The molecule has 0 spiro atoms. The van der Waals surface area contributed by atoms with E-state index in [0.29, 0.717) is 17.5 Å². The molecule has 0 unspecified atom stereocenters. The number of unbranched alkanes of at least 4 members (excludes halogenated alkanes) is 1. The van der Waals surface area contributed by atoms with Gasteiger partial charge in [-0.15, -0.1) is 0 Å².